The van der Waals surface area contributed by atoms with Gasteiger partial charge in [-0.15, -0.1) is 0 Å². The number of anilines is 1. The molecule has 1 amide bonds. The number of carbonyl (C=O) groups is 1. The van der Waals surface area contributed by atoms with Crippen LogP contribution in [0, 0.1) is 5.92 Å². The molecule has 0 saturated heterocycles. The Bertz CT molecular complexity index is 357. The minimum absolute atomic E-state index is 0.0594. The lowest BCUT2D eigenvalue weighted by atomic mass is 10.1. The van der Waals surface area contributed by atoms with Crippen LogP contribution < -0.4 is 10.6 Å². The van der Waals surface area contributed by atoms with Crippen molar-refractivity contribution in [3.8, 4) is 0 Å². The largest absolute Gasteiger partial charge is 0.323 e. The zero-order valence-electron chi connectivity index (χ0n) is 9.46. The Hall–Kier alpha value is -1.13. The number of carbonyl (C=O) groups excluding carboxylic acids is 1. The minimum Gasteiger partial charge on any atom is -0.323 e. The fraction of sp³-hybridized carbons (Fsp3) is 0.455. The smallest absolute Gasteiger partial charge is 0.228 e. The summed E-state index contributed by atoms with van der Waals surface area (Å²) in [6.07, 6.45) is 1.58. The molecule has 16 heavy (non-hydrogen) atoms. The molecule has 0 bridgehead atoms. The molecule has 4 nitrogen and oxygen atoms in total. The zero-order valence-corrected chi connectivity index (χ0v) is 10.2. The van der Waals surface area contributed by atoms with Crippen LogP contribution in [0.2, 0.25) is 5.15 Å². The van der Waals surface area contributed by atoms with Gasteiger partial charge in [0.25, 0.3) is 0 Å². The third-order valence-corrected chi connectivity index (χ3v) is 2.47. The van der Waals surface area contributed by atoms with Crippen molar-refractivity contribution in [2.24, 2.45) is 5.92 Å². The highest BCUT2D eigenvalue weighted by Gasteiger charge is 2.13. The van der Waals surface area contributed by atoms with Gasteiger partial charge in [0, 0.05) is 18.7 Å². The maximum atomic E-state index is 11.7. The normalized spacial score (nSPS) is 12.2. The van der Waals surface area contributed by atoms with E-state index in [1.54, 1.807) is 18.3 Å². The van der Waals surface area contributed by atoms with Crippen molar-refractivity contribution in [3.63, 3.8) is 0 Å². The van der Waals surface area contributed by atoms with Gasteiger partial charge in [-0.2, -0.15) is 0 Å². The number of pyridine rings is 1. The first-order valence-corrected chi connectivity index (χ1v) is 5.65. The molecule has 1 aromatic heterocycles. The Morgan fingerprint density at radius 1 is 1.62 bits per heavy atom. The number of amides is 1. The molecule has 0 aliphatic carbocycles. The van der Waals surface area contributed by atoms with Gasteiger partial charge in [-0.05, 0) is 18.7 Å². The maximum absolute atomic E-state index is 11.7. The summed E-state index contributed by atoms with van der Waals surface area (Å²) in [5.41, 5.74) is 0.553. The molecule has 5 heteroatoms. The van der Waals surface area contributed by atoms with Crippen LogP contribution in [0.1, 0.15) is 13.8 Å². The summed E-state index contributed by atoms with van der Waals surface area (Å²) in [4.78, 5) is 15.6. The molecular weight excluding hydrogens is 226 g/mol. The highest BCUT2D eigenvalue weighted by molar-refractivity contribution is 6.32. The summed E-state index contributed by atoms with van der Waals surface area (Å²) >= 11 is 5.84. The van der Waals surface area contributed by atoms with Crippen LogP contribution in [0.5, 0.6) is 0 Å². The molecule has 1 atom stereocenters. The molecule has 0 aromatic carbocycles. The zero-order chi connectivity index (χ0) is 12.0. The molecule has 0 aliphatic heterocycles. The molecule has 0 radical (unpaired) electrons. The Balaban J connectivity index is 2.54. The number of hydrogen-bond acceptors (Lipinski definition) is 3. The third-order valence-electron chi connectivity index (χ3n) is 2.17. The third kappa shape index (κ3) is 3.79. The van der Waals surface area contributed by atoms with Crippen LogP contribution in [0.15, 0.2) is 18.3 Å². The lowest BCUT2D eigenvalue weighted by molar-refractivity contribution is -0.119. The standard InChI is InChI=1S/C11H16ClN3O/c1-3-13-7-8(2)11(16)15-9-5-4-6-14-10(9)12/h4-6,8,13H,3,7H2,1-2H3,(H,15,16). The van der Waals surface area contributed by atoms with E-state index in [4.69, 9.17) is 11.6 Å². The highest BCUT2D eigenvalue weighted by Crippen LogP contribution is 2.17. The monoisotopic (exact) mass is 241 g/mol. The van der Waals surface area contributed by atoms with Crippen molar-refractivity contribution in [2.75, 3.05) is 18.4 Å². The topological polar surface area (TPSA) is 54.0 Å². The van der Waals surface area contributed by atoms with Crippen molar-refractivity contribution in [3.05, 3.63) is 23.5 Å². The van der Waals surface area contributed by atoms with E-state index in [1.807, 2.05) is 13.8 Å². The molecule has 1 heterocycles. The summed E-state index contributed by atoms with van der Waals surface area (Å²) in [5.74, 6) is -0.160. The van der Waals surface area contributed by atoms with Crippen LogP contribution in [0.3, 0.4) is 0 Å². The van der Waals surface area contributed by atoms with E-state index in [9.17, 15) is 4.79 Å². The van der Waals surface area contributed by atoms with E-state index in [2.05, 4.69) is 15.6 Å². The van der Waals surface area contributed by atoms with Gasteiger partial charge >= 0.3 is 0 Å². The molecule has 0 spiro atoms. The SMILES string of the molecule is CCNCC(C)C(=O)Nc1cccnc1Cl. The summed E-state index contributed by atoms with van der Waals surface area (Å²) in [7, 11) is 0. The predicted molar refractivity (Wildman–Crippen MR) is 65.6 cm³/mol. The van der Waals surface area contributed by atoms with Gasteiger partial charge in [-0.25, -0.2) is 4.98 Å². The van der Waals surface area contributed by atoms with Crippen LogP contribution in [-0.2, 0) is 4.79 Å². The van der Waals surface area contributed by atoms with Crippen molar-refractivity contribution < 1.29 is 4.79 Å². The van der Waals surface area contributed by atoms with Crippen molar-refractivity contribution in [1.82, 2.24) is 10.3 Å². The van der Waals surface area contributed by atoms with E-state index < -0.39 is 0 Å². The van der Waals surface area contributed by atoms with Gasteiger partial charge < -0.3 is 10.6 Å². The summed E-state index contributed by atoms with van der Waals surface area (Å²) in [6, 6.07) is 3.46. The fourth-order valence-electron chi connectivity index (χ4n) is 1.19. The highest BCUT2D eigenvalue weighted by atomic mass is 35.5. The van der Waals surface area contributed by atoms with Crippen molar-refractivity contribution in [1.29, 1.82) is 0 Å². The maximum Gasteiger partial charge on any atom is 0.228 e. The molecular formula is C11H16ClN3O. The van der Waals surface area contributed by atoms with Gasteiger partial charge in [-0.1, -0.05) is 25.4 Å². The summed E-state index contributed by atoms with van der Waals surface area (Å²) in [6.45, 7) is 5.37. The van der Waals surface area contributed by atoms with E-state index in [1.165, 1.54) is 0 Å². The predicted octanol–water partition coefficient (Wildman–Crippen LogP) is 1.92. The van der Waals surface area contributed by atoms with Gasteiger partial charge in [0.05, 0.1) is 5.69 Å². The molecule has 0 aliphatic rings. The van der Waals surface area contributed by atoms with Gasteiger partial charge in [0.15, 0.2) is 5.15 Å². The van der Waals surface area contributed by atoms with Gasteiger partial charge in [0.2, 0.25) is 5.91 Å². The second-order valence-corrected chi connectivity index (χ2v) is 3.90. The summed E-state index contributed by atoms with van der Waals surface area (Å²) < 4.78 is 0. The number of hydrogen-bond donors (Lipinski definition) is 2. The molecule has 2 N–H and O–H groups in total. The van der Waals surface area contributed by atoms with Crippen LogP contribution in [0.4, 0.5) is 5.69 Å². The minimum atomic E-state index is -0.101. The number of nitrogens with one attached hydrogen (secondary N) is 2. The second-order valence-electron chi connectivity index (χ2n) is 3.54. The van der Waals surface area contributed by atoms with Crippen LogP contribution in [0.25, 0.3) is 0 Å². The average Bonchev–Trinajstić information content (AvgIpc) is 2.28. The summed E-state index contributed by atoms with van der Waals surface area (Å²) in [5, 5.41) is 6.18. The first-order valence-electron chi connectivity index (χ1n) is 5.27. The van der Waals surface area contributed by atoms with E-state index in [0.717, 1.165) is 6.54 Å². The van der Waals surface area contributed by atoms with Gasteiger partial charge in [-0.3, -0.25) is 4.79 Å². The number of nitrogens with zero attached hydrogens (tertiary/aromatic N) is 1. The lowest BCUT2D eigenvalue weighted by Gasteiger charge is -2.12. The first-order chi connectivity index (χ1) is 7.65. The Kier molecular flexibility index (Phi) is 5.22. The molecule has 0 saturated carbocycles. The lowest BCUT2D eigenvalue weighted by Crippen LogP contribution is -2.30. The number of halogens is 1. The number of rotatable bonds is 5. The van der Waals surface area contributed by atoms with Crippen molar-refractivity contribution >= 4 is 23.2 Å². The molecule has 1 unspecified atom stereocenters. The first kappa shape index (κ1) is 12.9. The fourth-order valence-corrected chi connectivity index (χ4v) is 1.36. The molecule has 0 fully saturated rings. The average molecular weight is 242 g/mol. The van der Waals surface area contributed by atoms with Crippen LogP contribution >= 0.6 is 11.6 Å². The van der Waals surface area contributed by atoms with E-state index in [0.29, 0.717) is 17.4 Å². The Morgan fingerprint density at radius 3 is 3.00 bits per heavy atom. The number of aromatic nitrogens is 1. The Morgan fingerprint density at radius 2 is 2.38 bits per heavy atom. The van der Waals surface area contributed by atoms with E-state index in [-0.39, 0.29) is 11.8 Å². The molecule has 1 aromatic rings. The quantitative estimate of drug-likeness (QED) is 0.775. The van der Waals surface area contributed by atoms with Crippen LogP contribution in [-0.4, -0.2) is 24.0 Å². The molecule has 1 rings (SSSR count). The van der Waals surface area contributed by atoms with Gasteiger partial charge in [0.1, 0.15) is 0 Å². The molecule has 88 valence electrons. The van der Waals surface area contributed by atoms with Crippen molar-refractivity contribution in [2.45, 2.75) is 13.8 Å². The van der Waals surface area contributed by atoms with E-state index >= 15 is 0 Å². The second kappa shape index (κ2) is 6.45. The Labute approximate surface area is 100 Å².